The molecule has 0 bridgehead atoms. The van der Waals surface area contributed by atoms with Gasteiger partial charge in [0.25, 0.3) is 0 Å². The summed E-state index contributed by atoms with van der Waals surface area (Å²) in [5.41, 5.74) is 2.40. The van der Waals surface area contributed by atoms with Gasteiger partial charge in [-0.1, -0.05) is 51.8 Å². The van der Waals surface area contributed by atoms with Crippen molar-refractivity contribution in [3.05, 3.63) is 68.9 Å². The standard InChI is InChI=1S/C17H16BrClFN/c18-15-4-2-1-3-13(15)14-10-21-8-7-12(14)11-5-6-17(20)16(19)9-11/h1-6,9,12,14,21H,7-8,10H2. The second-order valence-electron chi connectivity index (χ2n) is 5.40. The zero-order chi connectivity index (χ0) is 14.8. The molecule has 3 rings (SSSR count). The van der Waals surface area contributed by atoms with Crippen LogP contribution in [0.2, 0.25) is 5.02 Å². The van der Waals surface area contributed by atoms with Crippen molar-refractivity contribution in [1.29, 1.82) is 0 Å². The molecule has 1 nitrogen and oxygen atoms in total. The Morgan fingerprint density at radius 3 is 2.71 bits per heavy atom. The summed E-state index contributed by atoms with van der Waals surface area (Å²) in [6, 6.07) is 13.4. The first-order valence-electron chi connectivity index (χ1n) is 7.07. The summed E-state index contributed by atoms with van der Waals surface area (Å²) >= 11 is 9.60. The van der Waals surface area contributed by atoms with Crippen LogP contribution in [0.25, 0.3) is 0 Å². The van der Waals surface area contributed by atoms with Crippen molar-refractivity contribution in [3.63, 3.8) is 0 Å². The van der Waals surface area contributed by atoms with Gasteiger partial charge in [0, 0.05) is 16.9 Å². The highest BCUT2D eigenvalue weighted by Crippen LogP contribution is 2.40. The molecule has 110 valence electrons. The summed E-state index contributed by atoms with van der Waals surface area (Å²) in [6.45, 7) is 1.89. The van der Waals surface area contributed by atoms with Gasteiger partial charge in [0.2, 0.25) is 0 Å². The van der Waals surface area contributed by atoms with Crippen LogP contribution in [-0.2, 0) is 0 Å². The van der Waals surface area contributed by atoms with Crippen LogP contribution in [0.1, 0.15) is 29.4 Å². The van der Waals surface area contributed by atoms with Crippen LogP contribution in [0.4, 0.5) is 4.39 Å². The van der Waals surface area contributed by atoms with Crippen LogP contribution in [-0.4, -0.2) is 13.1 Å². The number of rotatable bonds is 2. The third kappa shape index (κ3) is 3.15. The van der Waals surface area contributed by atoms with E-state index in [1.165, 1.54) is 11.6 Å². The lowest BCUT2D eigenvalue weighted by atomic mass is 9.77. The Hall–Kier alpha value is -0.900. The third-order valence-electron chi connectivity index (χ3n) is 4.16. The fraction of sp³-hybridized carbons (Fsp3) is 0.294. The van der Waals surface area contributed by atoms with E-state index in [9.17, 15) is 4.39 Å². The zero-order valence-corrected chi connectivity index (χ0v) is 13.8. The minimum atomic E-state index is -0.355. The summed E-state index contributed by atoms with van der Waals surface area (Å²) in [6.07, 6.45) is 1.02. The van der Waals surface area contributed by atoms with Crippen molar-refractivity contribution in [3.8, 4) is 0 Å². The molecule has 0 radical (unpaired) electrons. The van der Waals surface area contributed by atoms with Gasteiger partial charge in [-0.05, 0) is 48.2 Å². The summed E-state index contributed by atoms with van der Waals surface area (Å²) in [5.74, 6) is 0.352. The molecule has 0 amide bonds. The predicted molar refractivity (Wildman–Crippen MR) is 88.5 cm³/mol. The molecule has 1 fully saturated rings. The Kier molecular flexibility index (Phi) is 4.63. The molecule has 2 aromatic carbocycles. The molecule has 1 saturated heterocycles. The molecule has 0 aliphatic carbocycles. The maximum absolute atomic E-state index is 13.4. The van der Waals surface area contributed by atoms with Gasteiger partial charge in [0.05, 0.1) is 5.02 Å². The van der Waals surface area contributed by atoms with E-state index in [1.54, 1.807) is 6.07 Å². The molecule has 1 heterocycles. The van der Waals surface area contributed by atoms with Gasteiger partial charge < -0.3 is 5.32 Å². The van der Waals surface area contributed by atoms with E-state index < -0.39 is 0 Å². The summed E-state index contributed by atoms with van der Waals surface area (Å²) in [4.78, 5) is 0. The molecule has 0 saturated carbocycles. The van der Waals surface area contributed by atoms with Crippen LogP contribution < -0.4 is 5.32 Å². The molecule has 0 spiro atoms. The first-order valence-corrected chi connectivity index (χ1v) is 8.24. The monoisotopic (exact) mass is 367 g/mol. The fourth-order valence-corrected chi connectivity index (χ4v) is 3.87. The summed E-state index contributed by atoms with van der Waals surface area (Å²) < 4.78 is 14.5. The van der Waals surface area contributed by atoms with Gasteiger partial charge in [-0.15, -0.1) is 0 Å². The van der Waals surface area contributed by atoms with Gasteiger partial charge in [-0.3, -0.25) is 0 Å². The minimum absolute atomic E-state index is 0.205. The van der Waals surface area contributed by atoms with Crippen LogP contribution in [0.5, 0.6) is 0 Å². The second kappa shape index (κ2) is 6.47. The van der Waals surface area contributed by atoms with Gasteiger partial charge in [0.1, 0.15) is 5.82 Å². The normalized spacial score (nSPS) is 22.2. The van der Waals surface area contributed by atoms with Crippen LogP contribution in [0.15, 0.2) is 46.9 Å². The summed E-state index contributed by atoms with van der Waals surface area (Å²) in [5, 5.41) is 3.66. The smallest absolute Gasteiger partial charge is 0.141 e. The van der Waals surface area contributed by atoms with E-state index >= 15 is 0 Å². The Labute approximate surface area is 137 Å². The Balaban J connectivity index is 1.98. The van der Waals surface area contributed by atoms with E-state index in [2.05, 4.69) is 39.4 Å². The third-order valence-corrected chi connectivity index (χ3v) is 5.17. The van der Waals surface area contributed by atoms with Crippen molar-refractivity contribution in [2.75, 3.05) is 13.1 Å². The number of benzene rings is 2. The van der Waals surface area contributed by atoms with Crippen molar-refractivity contribution >= 4 is 27.5 Å². The van der Waals surface area contributed by atoms with E-state index in [1.807, 2.05) is 12.1 Å². The lowest BCUT2D eigenvalue weighted by Crippen LogP contribution is -2.34. The molecule has 1 N–H and O–H groups in total. The quantitative estimate of drug-likeness (QED) is 0.777. The van der Waals surface area contributed by atoms with E-state index in [-0.39, 0.29) is 10.8 Å². The van der Waals surface area contributed by atoms with E-state index in [0.717, 1.165) is 29.5 Å². The zero-order valence-electron chi connectivity index (χ0n) is 11.5. The van der Waals surface area contributed by atoms with Crippen molar-refractivity contribution in [2.45, 2.75) is 18.3 Å². The van der Waals surface area contributed by atoms with Crippen molar-refractivity contribution < 1.29 is 4.39 Å². The predicted octanol–water partition coefficient (Wildman–Crippen LogP) is 5.10. The molecule has 2 atom stereocenters. The molecular formula is C17H16BrClFN. The number of hydrogen-bond donors (Lipinski definition) is 1. The Bertz CT molecular complexity index is 646. The number of nitrogens with one attached hydrogen (secondary N) is 1. The number of piperidine rings is 1. The van der Waals surface area contributed by atoms with E-state index in [4.69, 9.17) is 11.6 Å². The lowest BCUT2D eigenvalue weighted by molar-refractivity contribution is 0.403. The highest BCUT2D eigenvalue weighted by Gasteiger charge is 2.29. The maximum atomic E-state index is 13.4. The molecule has 2 aromatic rings. The second-order valence-corrected chi connectivity index (χ2v) is 6.66. The molecule has 0 aromatic heterocycles. The molecule has 1 aliphatic heterocycles. The van der Waals surface area contributed by atoms with Crippen molar-refractivity contribution in [2.24, 2.45) is 0 Å². The molecule has 2 unspecified atom stereocenters. The largest absolute Gasteiger partial charge is 0.316 e. The maximum Gasteiger partial charge on any atom is 0.141 e. The molecule has 4 heteroatoms. The first kappa shape index (κ1) is 15.0. The highest BCUT2D eigenvalue weighted by molar-refractivity contribution is 9.10. The fourth-order valence-electron chi connectivity index (χ4n) is 3.10. The van der Waals surface area contributed by atoms with Crippen LogP contribution in [0.3, 0.4) is 0 Å². The topological polar surface area (TPSA) is 12.0 Å². The van der Waals surface area contributed by atoms with Crippen molar-refractivity contribution in [1.82, 2.24) is 5.32 Å². The molecule has 1 aliphatic rings. The first-order chi connectivity index (χ1) is 10.2. The average molecular weight is 369 g/mol. The molecule has 21 heavy (non-hydrogen) atoms. The number of halogens is 3. The number of hydrogen-bond acceptors (Lipinski definition) is 1. The minimum Gasteiger partial charge on any atom is -0.316 e. The van der Waals surface area contributed by atoms with Gasteiger partial charge in [-0.2, -0.15) is 0 Å². The van der Waals surface area contributed by atoms with Gasteiger partial charge in [0.15, 0.2) is 0 Å². The molecular weight excluding hydrogens is 353 g/mol. The van der Waals surface area contributed by atoms with Gasteiger partial charge in [-0.25, -0.2) is 4.39 Å². The van der Waals surface area contributed by atoms with E-state index in [0.29, 0.717) is 11.8 Å². The summed E-state index contributed by atoms with van der Waals surface area (Å²) in [7, 11) is 0. The highest BCUT2D eigenvalue weighted by atomic mass is 79.9. The van der Waals surface area contributed by atoms with Crippen LogP contribution >= 0.6 is 27.5 Å². The Morgan fingerprint density at radius 1 is 1.14 bits per heavy atom. The van der Waals surface area contributed by atoms with Crippen LogP contribution in [0, 0.1) is 5.82 Å². The Morgan fingerprint density at radius 2 is 1.95 bits per heavy atom. The van der Waals surface area contributed by atoms with Gasteiger partial charge >= 0.3 is 0 Å². The average Bonchev–Trinajstić information content (AvgIpc) is 2.51. The SMILES string of the molecule is Fc1ccc(C2CCNCC2c2ccccc2Br)cc1Cl. The lowest BCUT2D eigenvalue weighted by Gasteiger charge is -2.33.